The van der Waals surface area contributed by atoms with Crippen molar-refractivity contribution in [2.24, 2.45) is 5.41 Å². The van der Waals surface area contributed by atoms with E-state index >= 15 is 0 Å². The molecule has 22 heavy (non-hydrogen) atoms. The Hall–Kier alpha value is -1.75. The second kappa shape index (κ2) is 7.01. The van der Waals surface area contributed by atoms with E-state index in [0.29, 0.717) is 36.8 Å². The van der Waals surface area contributed by atoms with Crippen molar-refractivity contribution < 1.29 is 19.4 Å². The van der Waals surface area contributed by atoms with E-state index in [2.05, 4.69) is 0 Å². The van der Waals surface area contributed by atoms with E-state index < -0.39 is 11.4 Å². The molecule has 1 aliphatic carbocycles. The van der Waals surface area contributed by atoms with Gasteiger partial charge in [-0.15, -0.1) is 0 Å². The Labute approximate surface area is 134 Å². The topological polar surface area (TPSA) is 66.8 Å². The Bertz CT molecular complexity index is 557. The SMILES string of the molecule is CN(CCOc1cccc(Cl)c1)C(=O)CC1(C(=O)O)CCC1. The van der Waals surface area contributed by atoms with Crippen LogP contribution in [0.3, 0.4) is 0 Å². The summed E-state index contributed by atoms with van der Waals surface area (Å²) in [7, 11) is 1.66. The van der Waals surface area contributed by atoms with Gasteiger partial charge in [0.1, 0.15) is 12.4 Å². The van der Waals surface area contributed by atoms with Gasteiger partial charge in [-0.3, -0.25) is 9.59 Å². The van der Waals surface area contributed by atoms with Crippen molar-refractivity contribution in [2.45, 2.75) is 25.7 Å². The number of carboxylic acid groups (broad SMARTS) is 1. The molecule has 0 aliphatic heterocycles. The first kappa shape index (κ1) is 16.6. The standard InChI is InChI=1S/C16H20ClNO4/c1-18(8-9-22-13-5-2-4-12(17)10-13)14(19)11-16(15(20)21)6-3-7-16/h2,4-5,10H,3,6-9,11H2,1H3,(H,20,21). The highest BCUT2D eigenvalue weighted by atomic mass is 35.5. The first-order chi connectivity index (χ1) is 10.4. The summed E-state index contributed by atoms with van der Waals surface area (Å²) in [6.45, 7) is 0.740. The number of hydrogen-bond acceptors (Lipinski definition) is 3. The van der Waals surface area contributed by atoms with Crippen LogP contribution in [0.1, 0.15) is 25.7 Å². The van der Waals surface area contributed by atoms with Crippen LogP contribution >= 0.6 is 11.6 Å². The highest BCUT2D eigenvalue weighted by Crippen LogP contribution is 2.44. The fourth-order valence-corrected chi connectivity index (χ4v) is 2.66. The van der Waals surface area contributed by atoms with Gasteiger partial charge in [-0.2, -0.15) is 0 Å². The lowest BCUT2D eigenvalue weighted by Gasteiger charge is -2.37. The van der Waals surface area contributed by atoms with Crippen LogP contribution in [0, 0.1) is 5.41 Å². The molecule has 1 N–H and O–H groups in total. The Morgan fingerprint density at radius 1 is 1.41 bits per heavy atom. The quantitative estimate of drug-likeness (QED) is 0.837. The summed E-state index contributed by atoms with van der Waals surface area (Å²) in [6, 6.07) is 7.05. The molecule has 0 spiro atoms. The summed E-state index contributed by atoms with van der Waals surface area (Å²) in [5, 5.41) is 9.85. The van der Waals surface area contributed by atoms with Crippen LogP contribution in [0.15, 0.2) is 24.3 Å². The van der Waals surface area contributed by atoms with Crippen LogP contribution in [-0.4, -0.2) is 42.1 Å². The number of carbonyl (C=O) groups is 2. The third kappa shape index (κ3) is 3.91. The van der Waals surface area contributed by atoms with Gasteiger partial charge in [-0.1, -0.05) is 24.1 Å². The average Bonchev–Trinajstić information content (AvgIpc) is 2.42. The highest BCUT2D eigenvalue weighted by Gasteiger charge is 2.46. The van der Waals surface area contributed by atoms with Crippen molar-refractivity contribution in [3.63, 3.8) is 0 Å². The molecule has 0 atom stereocenters. The fourth-order valence-electron chi connectivity index (χ4n) is 2.48. The Kier molecular flexibility index (Phi) is 5.29. The second-order valence-corrected chi connectivity index (χ2v) is 6.17. The number of amides is 1. The number of rotatable bonds is 7. The molecule has 5 nitrogen and oxygen atoms in total. The van der Waals surface area contributed by atoms with Gasteiger partial charge in [-0.25, -0.2) is 0 Å². The largest absolute Gasteiger partial charge is 0.492 e. The van der Waals surface area contributed by atoms with Crippen molar-refractivity contribution in [3.05, 3.63) is 29.3 Å². The molecule has 1 amide bonds. The first-order valence-corrected chi connectivity index (χ1v) is 7.66. The number of likely N-dealkylation sites (N-methyl/N-ethyl adjacent to an activating group) is 1. The molecule has 0 saturated heterocycles. The number of benzene rings is 1. The first-order valence-electron chi connectivity index (χ1n) is 7.29. The van der Waals surface area contributed by atoms with Gasteiger partial charge in [0.15, 0.2) is 0 Å². The number of carbonyl (C=O) groups excluding carboxylic acids is 1. The van der Waals surface area contributed by atoms with Crippen LogP contribution in [-0.2, 0) is 9.59 Å². The van der Waals surface area contributed by atoms with Gasteiger partial charge >= 0.3 is 5.97 Å². The Morgan fingerprint density at radius 2 is 2.14 bits per heavy atom. The van der Waals surface area contributed by atoms with Crippen LogP contribution in [0.4, 0.5) is 0 Å². The Balaban J connectivity index is 1.78. The molecule has 1 fully saturated rings. The molecule has 1 saturated carbocycles. The summed E-state index contributed by atoms with van der Waals surface area (Å²) in [4.78, 5) is 24.9. The number of halogens is 1. The number of carboxylic acids is 1. The van der Waals surface area contributed by atoms with Gasteiger partial charge in [0.25, 0.3) is 0 Å². The van der Waals surface area contributed by atoms with Crippen molar-refractivity contribution in [2.75, 3.05) is 20.2 Å². The van der Waals surface area contributed by atoms with Crippen molar-refractivity contribution in [3.8, 4) is 5.75 Å². The molecule has 0 radical (unpaired) electrons. The molecule has 1 aliphatic rings. The minimum Gasteiger partial charge on any atom is -0.492 e. The van der Waals surface area contributed by atoms with Gasteiger partial charge in [0, 0.05) is 18.5 Å². The van der Waals surface area contributed by atoms with E-state index in [4.69, 9.17) is 16.3 Å². The van der Waals surface area contributed by atoms with E-state index in [-0.39, 0.29) is 12.3 Å². The predicted molar refractivity (Wildman–Crippen MR) is 83.1 cm³/mol. The monoisotopic (exact) mass is 325 g/mol. The van der Waals surface area contributed by atoms with Gasteiger partial charge in [0.05, 0.1) is 12.0 Å². The summed E-state index contributed by atoms with van der Waals surface area (Å²) in [5.74, 6) is -0.373. The van der Waals surface area contributed by atoms with Gasteiger partial charge in [0.2, 0.25) is 5.91 Å². The normalized spacial score (nSPS) is 15.7. The molecule has 0 bridgehead atoms. The lowest BCUT2D eigenvalue weighted by atomic mass is 9.66. The molecule has 6 heteroatoms. The maximum Gasteiger partial charge on any atom is 0.310 e. The van der Waals surface area contributed by atoms with Crippen LogP contribution in [0.25, 0.3) is 0 Å². The highest BCUT2D eigenvalue weighted by molar-refractivity contribution is 6.30. The van der Waals surface area contributed by atoms with Gasteiger partial charge < -0.3 is 14.7 Å². The van der Waals surface area contributed by atoms with Gasteiger partial charge in [-0.05, 0) is 31.0 Å². The maximum absolute atomic E-state index is 12.1. The zero-order valence-electron chi connectivity index (χ0n) is 12.5. The molecule has 1 aromatic rings. The van der Waals surface area contributed by atoms with E-state index in [1.54, 1.807) is 31.3 Å². The lowest BCUT2D eigenvalue weighted by molar-refractivity contribution is -0.159. The van der Waals surface area contributed by atoms with E-state index in [9.17, 15) is 14.7 Å². The second-order valence-electron chi connectivity index (χ2n) is 5.74. The van der Waals surface area contributed by atoms with Crippen molar-refractivity contribution in [1.29, 1.82) is 0 Å². The summed E-state index contributed by atoms with van der Waals surface area (Å²) in [5.41, 5.74) is -0.848. The Morgan fingerprint density at radius 3 is 2.68 bits per heavy atom. The van der Waals surface area contributed by atoms with E-state index in [0.717, 1.165) is 6.42 Å². The smallest absolute Gasteiger partial charge is 0.310 e. The minimum absolute atomic E-state index is 0.0655. The van der Waals surface area contributed by atoms with Crippen LogP contribution < -0.4 is 4.74 Å². The number of aliphatic carboxylic acids is 1. The zero-order chi connectivity index (χ0) is 16.2. The summed E-state index contributed by atoms with van der Waals surface area (Å²) < 4.78 is 5.53. The van der Waals surface area contributed by atoms with E-state index in [1.807, 2.05) is 0 Å². The molecule has 0 heterocycles. The average molecular weight is 326 g/mol. The molecule has 0 unspecified atom stereocenters. The molecule has 2 rings (SSSR count). The van der Waals surface area contributed by atoms with E-state index in [1.165, 1.54) is 4.90 Å². The number of hydrogen-bond donors (Lipinski definition) is 1. The zero-order valence-corrected chi connectivity index (χ0v) is 13.3. The fraction of sp³-hybridized carbons (Fsp3) is 0.500. The molecule has 0 aromatic heterocycles. The number of ether oxygens (including phenoxy) is 1. The summed E-state index contributed by atoms with van der Waals surface area (Å²) in [6.07, 6.45) is 2.11. The maximum atomic E-state index is 12.1. The lowest BCUT2D eigenvalue weighted by Crippen LogP contribution is -2.43. The number of nitrogens with zero attached hydrogens (tertiary/aromatic N) is 1. The predicted octanol–water partition coefficient (Wildman–Crippen LogP) is 2.82. The summed E-state index contributed by atoms with van der Waals surface area (Å²) >= 11 is 5.86. The molecular formula is C16H20ClNO4. The minimum atomic E-state index is -0.865. The van der Waals surface area contributed by atoms with Crippen LogP contribution in [0.2, 0.25) is 5.02 Å². The molecule has 120 valence electrons. The van der Waals surface area contributed by atoms with Crippen LogP contribution in [0.5, 0.6) is 5.75 Å². The molecular weight excluding hydrogens is 306 g/mol. The molecule has 1 aromatic carbocycles. The third-order valence-corrected chi connectivity index (χ3v) is 4.41. The van der Waals surface area contributed by atoms with Crippen molar-refractivity contribution in [1.82, 2.24) is 4.90 Å². The van der Waals surface area contributed by atoms with Crippen molar-refractivity contribution >= 4 is 23.5 Å². The third-order valence-electron chi connectivity index (χ3n) is 4.17.